The van der Waals surface area contributed by atoms with E-state index in [9.17, 15) is 0 Å². The molecule has 6 heteroatoms. The number of nitrogens with one attached hydrogen (secondary N) is 2. The number of terminal acetylenes is 1. The molecule has 0 atom stereocenters. The van der Waals surface area contributed by atoms with Crippen LogP contribution in [0.25, 0.3) is 0 Å². The van der Waals surface area contributed by atoms with Crippen LogP contribution in [0.15, 0.2) is 23.2 Å². The average Bonchev–Trinajstić information content (AvgIpc) is 3.35. The number of halogens is 1. The van der Waals surface area contributed by atoms with Crippen molar-refractivity contribution in [1.29, 1.82) is 0 Å². The molecule has 0 aliphatic heterocycles. The Labute approximate surface area is 155 Å². The first-order valence-electron chi connectivity index (χ1n) is 7.54. The standard InChI is InChI=1S/C17H23N3O2.HI/c1-4-10-22-16-11-13(6-9-15(16)21-3)12-19-17(18-5-2)20-14-7-8-14;/h1,6,9,11,14H,5,7-8,10,12H2,2-3H3,(H2,18,19,20);1H. The van der Waals surface area contributed by atoms with Gasteiger partial charge in [0.05, 0.1) is 13.7 Å². The molecule has 2 rings (SSSR count). The number of nitrogens with zero attached hydrogens (tertiary/aromatic N) is 1. The Bertz CT molecular complexity index is 565. The molecule has 0 amide bonds. The van der Waals surface area contributed by atoms with Gasteiger partial charge in [-0.15, -0.1) is 30.4 Å². The number of hydrogen-bond acceptors (Lipinski definition) is 3. The summed E-state index contributed by atoms with van der Waals surface area (Å²) in [6, 6.07) is 6.34. The molecule has 1 aliphatic carbocycles. The van der Waals surface area contributed by atoms with E-state index in [2.05, 4.69) is 28.5 Å². The van der Waals surface area contributed by atoms with Gasteiger partial charge >= 0.3 is 0 Å². The van der Waals surface area contributed by atoms with E-state index in [1.54, 1.807) is 7.11 Å². The number of methoxy groups -OCH3 is 1. The zero-order chi connectivity index (χ0) is 15.8. The van der Waals surface area contributed by atoms with Gasteiger partial charge in [0.2, 0.25) is 0 Å². The highest BCUT2D eigenvalue weighted by Crippen LogP contribution is 2.28. The molecule has 0 heterocycles. The molecule has 0 radical (unpaired) electrons. The van der Waals surface area contributed by atoms with Crippen molar-refractivity contribution in [3.05, 3.63) is 23.8 Å². The first-order chi connectivity index (χ1) is 10.8. The Morgan fingerprint density at radius 1 is 1.39 bits per heavy atom. The molecule has 0 saturated heterocycles. The van der Waals surface area contributed by atoms with Crippen LogP contribution in [0.1, 0.15) is 25.3 Å². The van der Waals surface area contributed by atoms with E-state index in [4.69, 9.17) is 15.9 Å². The van der Waals surface area contributed by atoms with Gasteiger partial charge < -0.3 is 20.1 Å². The molecule has 0 bridgehead atoms. The smallest absolute Gasteiger partial charge is 0.191 e. The van der Waals surface area contributed by atoms with Crippen LogP contribution in [0.2, 0.25) is 0 Å². The molecule has 0 unspecified atom stereocenters. The lowest BCUT2D eigenvalue weighted by molar-refractivity contribution is 0.330. The summed E-state index contributed by atoms with van der Waals surface area (Å²) >= 11 is 0. The molecular formula is C17H24IN3O2. The van der Waals surface area contributed by atoms with Gasteiger partial charge in [0.1, 0.15) is 6.61 Å². The summed E-state index contributed by atoms with van der Waals surface area (Å²) in [7, 11) is 1.61. The van der Waals surface area contributed by atoms with Crippen molar-refractivity contribution in [2.45, 2.75) is 32.4 Å². The van der Waals surface area contributed by atoms with Crippen molar-refractivity contribution >= 4 is 29.9 Å². The Hall–Kier alpha value is -1.62. The highest BCUT2D eigenvalue weighted by Gasteiger charge is 2.22. The van der Waals surface area contributed by atoms with Crippen molar-refractivity contribution in [2.75, 3.05) is 20.3 Å². The maximum absolute atomic E-state index is 5.51. The molecular weight excluding hydrogens is 405 g/mol. The SMILES string of the molecule is C#CCOc1cc(CN=C(NCC)NC2CC2)ccc1OC.I. The number of ether oxygens (including phenoxy) is 2. The van der Waals surface area contributed by atoms with E-state index in [0.29, 0.717) is 24.1 Å². The fraction of sp³-hybridized carbons (Fsp3) is 0.471. The average molecular weight is 429 g/mol. The minimum atomic E-state index is 0. The number of guanidine groups is 1. The van der Waals surface area contributed by atoms with Gasteiger partial charge in [-0.25, -0.2) is 4.99 Å². The lowest BCUT2D eigenvalue weighted by Crippen LogP contribution is -2.38. The number of aliphatic imine (C=N–C) groups is 1. The van der Waals surface area contributed by atoms with Gasteiger partial charge in [-0.3, -0.25) is 0 Å². The summed E-state index contributed by atoms with van der Waals surface area (Å²) in [6.07, 6.45) is 7.67. The number of hydrogen-bond donors (Lipinski definition) is 2. The monoisotopic (exact) mass is 429 g/mol. The van der Waals surface area contributed by atoms with E-state index < -0.39 is 0 Å². The topological polar surface area (TPSA) is 54.9 Å². The Balaban J connectivity index is 0.00000264. The fourth-order valence-electron chi connectivity index (χ4n) is 1.96. The maximum atomic E-state index is 5.51. The number of rotatable bonds is 7. The molecule has 0 spiro atoms. The van der Waals surface area contributed by atoms with Crippen molar-refractivity contribution in [1.82, 2.24) is 10.6 Å². The quantitative estimate of drug-likeness (QED) is 0.303. The second-order valence-electron chi connectivity index (χ2n) is 5.09. The molecule has 1 saturated carbocycles. The van der Waals surface area contributed by atoms with Gasteiger partial charge in [0, 0.05) is 12.6 Å². The third-order valence-electron chi connectivity index (χ3n) is 3.22. The van der Waals surface area contributed by atoms with Gasteiger partial charge in [-0.1, -0.05) is 12.0 Å². The van der Waals surface area contributed by atoms with Crippen LogP contribution in [0.3, 0.4) is 0 Å². The van der Waals surface area contributed by atoms with Gasteiger partial charge in [-0.05, 0) is 37.5 Å². The van der Waals surface area contributed by atoms with E-state index in [0.717, 1.165) is 18.1 Å². The maximum Gasteiger partial charge on any atom is 0.191 e. The second-order valence-corrected chi connectivity index (χ2v) is 5.09. The number of benzene rings is 1. The van der Waals surface area contributed by atoms with Crippen LogP contribution < -0.4 is 20.1 Å². The van der Waals surface area contributed by atoms with Gasteiger partial charge in [0.25, 0.3) is 0 Å². The summed E-state index contributed by atoms with van der Waals surface area (Å²) < 4.78 is 10.8. The third-order valence-corrected chi connectivity index (χ3v) is 3.22. The second kappa shape index (κ2) is 10.2. The summed E-state index contributed by atoms with van der Waals surface area (Å²) in [5.74, 6) is 4.63. The van der Waals surface area contributed by atoms with E-state index in [-0.39, 0.29) is 30.6 Å². The van der Waals surface area contributed by atoms with Crippen molar-refractivity contribution in [3.63, 3.8) is 0 Å². The first-order valence-corrected chi connectivity index (χ1v) is 7.54. The Morgan fingerprint density at radius 3 is 2.78 bits per heavy atom. The minimum absolute atomic E-state index is 0. The van der Waals surface area contributed by atoms with E-state index in [1.807, 2.05) is 18.2 Å². The molecule has 2 N–H and O–H groups in total. The van der Waals surface area contributed by atoms with Gasteiger partial charge in [-0.2, -0.15) is 0 Å². The van der Waals surface area contributed by atoms with Crippen LogP contribution in [-0.2, 0) is 6.54 Å². The molecule has 1 aromatic rings. The van der Waals surface area contributed by atoms with E-state index >= 15 is 0 Å². The molecule has 5 nitrogen and oxygen atoms in total. The van der Waals surface area contributed by atoms with Crippen LogP contribution in [-0.4, -0.2) is 32.3 Å². The largest absolute Gasteiger partial charge is 0.493 e. The Morgan fingerprint density at radius 2 is 2.17 bits per heavy atom. The molecule has 126 valence electrons. The van der Waals surface area contributed by atoms with Crippen LogP contribution in [0.5, 0.6) is 11.5 Å². The van der Waals surface area contributed by atoms with E-state index in [1.165, 1.54) is 12.8 Å². The van der Waals surface area contributed by atoms with Crippen molar-refractivity contribution < 1.29 is 9.47 Å². The van der Waals surface area contributed by atoms with Crippen molar-refractivity contribution in [3.8, 4) is 23.8 Å². The predicted octanol–water partition coefficient (Wildman–Crippen LogP) is 2.54. The summed E-state index contributed by atoms with van der Waals surface area (Å²) in [5, 5.41) is 6.64. The lowest BCUT2D eigenvalue weighted by Gasteiger charge is -2.12. The zero-order valence-electron chi connectivity index (χ0n) is 13.6. The normalized spacial score (nSPS) is 13.5. The van der Waals surface area contributed by atoms with Crippen LogP contribution >= 0.6 is 24.0 Å². The minimum Gasteiger partial charge on any atom is -0.493 e. The summed E-state index contributed by atoms with van der Waals surface area (Å²) in [5.41, 5.74) is 1.04. The lowest BCUT2D eigenvalue weighted by atomic mass is 10.2. The Kier molecular flexibility index (Phi) is 8.62. The summed E-state index contributed by atoms with van der Waals surface area (Å²) in [4.78, 5) is 4.60. The molecule has 1 aliphatic rings. The zero-order valence-corrected chi connectivity index (χ0v) is 15.9. The summed E-state index contributed by atoms with van der Waals surface area (Å²) in [6.45, 7) is 3.69. The molecule has 1 fully saturated rings. The van der Waals surface area contributed by atoms with Gasteiger partial charge in [0.15, 0.2) is 17.5 Å². The highest BCUT2D eigenvalue weighted by molar-refractivity contribution is 14.0. The third kappa shape index (κ3) is 6.57. The highest BCUT2D eigenvalue weighted by atomic mass is 127. The van der Waals surface area contributed by atoms with Crippen LogP contribution in [0.4, 0.5) is 0 Å². The predicted molar refractivity (Wildman–Crippen MR) is 104 cm³/mol. The fourth-order valence-corrected chi connectivity index (χ4v) is 1.96. The van der Waals surface area contributed by atoms with Crippen LogP contribution in [0, 0.1) is 12.3 Å². The molecule has 23 heavy (non-hydrogen) atoms. The molecule has 1 aromatic carbocycles. The first kappa shape index (κ1) is 19.4. The molecule has 0 aromatic heterocycles. The van der Waals surface area contributed by atoms with Crippen molar-refractivity contribution in [2.24, 2.45) is 4.99 Å².